The molecule has 0 aliphatic rings. The zero-order valence-corrected chi connectivity index (χ0v) is 23.5. The van der Waals surface area contributed by atoms with Crippen molar-refractivity contribution >= 4 is 16.7 Å². The number of hydrogen-bond acceptors (Lipinski definition) is 3. The normalized spacial score (nSPS) is 11.8. The number of esters is 1. The van der Waals surface area contributed by atoms with Crippen molar-refractivity contribution in [3.63, 3.8) is 0 Å². The number of hydrogen-bond donors (Lipinski definition) is 0. The van der Waals surface area contributed by atoms with Gasteiger partial charge in [-0.1, -0.05) is 116 Å². The Morgan fingerprint density at radius 2 is 1.12 bits per heavy atom. The Balaban J connectivity index is 1.53. The summed E-state index contributed by atoms with van der Waals surface area (Å²) in [4.78, 5) is 12.3. The van der Waals surface area contributed by atoms with Crippen molar-refractivity contribution in [3.8, 4) is 5.75 Å². The van der Waals surface area contributed by atoms with E-state index in [0.29, 0.717) is 6.61 Å². The SMILES string of the molecule is CCC(C)(C)C(=O)OCCOc1ccc(C(c2ccccc2)(c2ccccc2)c2ccc3ccccc3c2)cc1. The molecule has 40 heavy (non-hydrogen) atoms. The molecule has 5 rings (SSSR count). The molecule has 0 aliphatic heterocycles. The summed E-state index contributed by atoms with van der Waals surface area (Å²) in [6.45, 7) is 6.31. The third-order valence-electron chi connectivity index (χ3n) is 7.91. The van der Waals surface area contributed by atoms with Crippen molar-refractivity contribution in [2.75, 3.05) is 13.2 Å². The summed E-state index contributed by atoms with van der Waals surface area (Å²) in [6.07, 6.45) is 0.732. The van der Waals surface area contributed by atoms with Gasteiger partial charge in [0.05, 0.1) is 10.8 Å². The van der Waals surface area contributed by atoms with Crippen molar-refractivity contribution in [2.24, 2.45) is 5.41 Å². The molecule has 5 aromatic rings. The van der Waals surface area contributed by atoms with Gasteiger partial charge in [-0.2, -0.15) is 0 Å². The van der Waals surface area contributed by atoms with Crippen LogP contribution in [0.15, 0.2) is 127 Å². The van der Waals surface area contributed by atoms with Crippen molar-refractivity contribution in [1.82, 2.24) is 0 Å². The second kappa shape index (κ2) is 11.8. The van der Waals surface area contributed by atoms with Gasteiger partial charge in [0.1, 0.15) is 19.0 Å². The Morgan fingerprint density at radius 3 is 1.73 bits per heavy atom. The highest BCUT2D eigenvalue weighted by Gasteiger charge is 2.38. The molecule has 5 aromatic carbocycles. The third-order valence-corrected chi connectivity index (χ3v) is 7.91. The van der Waals surface area contributed by atoms with Gasteiger partial charge in [-0.25, -0.2) is 0 Å². The summed E-state index contributed by atoms with van der Waals surface area (Å²) in [7, 11) is 0. The van der Waals surface area contributed by atoms with Gasteiger partial charge in [-0.3, -0.25) is 4.79 Å². The van der Waals surface area contributed by atoms with Crippen LogP contribution in [0.1, 0.15) is 49.4 Å². The molecule has 0 fully saturated rings. The van der Waals surface area contributed by atoms with E-state index in [1.54, 1.807) is 0 Å². The summed E-state index contributed by atoms with van der Waals surface area (Å²) < 4.78 is 11.4. The minimum atomic E-state index is -0.535. The van der Waals surface area contributed by atoms with Crippen LogP contribution in [0.3, 0.4) is 0 Å². The fourth-order valence-corrected chi connectivity index (χ4v) is 5.23. The molecule has 0 radical (unpaired) electrons. The summed E-state index contributed by atoms with van der Waals surface area (Å²) >= 11 is 0. The minimum Gasteiger partial charge on any atom is -0.490 e. The van der Waals surface area contributed by atoms with Crippen LogP contribution in [0.2, 0.25) is 0 Å². The first kappa shape index (κ1) is 27.2. The fourth-order valence-electron chi connectivity index (χ4n) is 5.23. The molecule has 0 amide bonds. The van der Waals surface area contributed by atoms with Crippen molar-refractivity contribution in [2.45, 2.75) is 32.6 Å². The third kappa shape index (κ3) is 5.37. The maximum atomic E-state index is 12.3. The van der Waals surface area contributed by atoms with Gasteiger partial charge < -0.3 is 9.47 Å². The van der Waals surface area contributed by atoms with Gasteiger partial charge in [0, 0.05) is 0 Å². The monoisotopic (exact) mass is 528 g/mol. The van der Waals surface area contributed by atoms with Gasteiger partial charge in [0.25, 0.3) is 0 Å². The van der Waals surface area contributed by atoms with Crippen LogP contribution in [0.4, 0.5) is 0 Å². The predicted molar refractivity (Wildman–Crippen MR) is 163 cm³/mol. The van der Waals surface area contributed by atoms with E-state index in [9.17, 15) is 4.79 Å². The van der Waals surface area contributed by atoms with Gasteiger partial charge in [-0.05, 0) is 71.5 Å². The van der Waals surface area contributed by atoms with E-state index in [1.807, 2.05) is 32.9 Å². The van der Waals surface area contributed by atoms with Crippen LogP contribution in [-0.2, 0) is 14.9 Å². The number of ether oxygens (including phenoxy) is 2. The van der Waals surface area contributed by atoms with Gasteiger partial charge >= 0.3 is 5.97 Å². The number of carbonyl (C=O) groups excluding carboxylic acids is 1. The lowest BCUT2D eigenvalue weighted by atomic mass is 9.65. The highest BCUT2D eigenvalue weighted by molar-refractivity contribution is 5.84. The summed E-state index contributed by atoms with van der Waals surface area (Å²) in [5, 5.41) is 2.42. The topological polar surface area (TPSA) is 35.5 Å². The first-order chi connectivity index (χ1) is 19.4. The van der Waals surface area contributed by atoms with E-state index in [0.717, 1.165) is 17.7 Å². The molecule has 0 heterocycles. The van der Waals surface area contributed by atoms with E-state index in [-0.39, 0.29) is 12.6 Å². The molecule has 3 nitrogen and oxygen atoms in total. The lowest BCUT2D eigenvalue weighted by Gasteiger charge is -2.37. The van der Waals surface area contributed by atoms with Crippen LogP contribution >= 0.6 is 0 Å². The van der Waals surface area contributed by atoms with Crippen LogP contribution in [-0.4, -0.2) is 19.2 Å². The smallest absolute Gasteiger partial charge is 0.311 e. The average molecular weight is 529 g/mol. The van der Waals surface area contributed by atoms with Gasteiger partial charge in [0.15, 0.2) is 0 Å². The Hall–Kier alpha value is -4.37. The first-order valence-electron chi connectivity index (χ1n) is 14.0. The Bertz CT molecular complexity index is 1510. The second-order valence-corrected chi connectivity index (χ2v) is 10.8. The highest BCUT2D eigenvalue weighted by atomic mass is 16.6. The largest absolute Gasteiger partial charge is 0.490 e. The number of rotatable bonds is 10. The summed E-state index contributed by atoms with van der Waals surface area (Å²) in [5.74, 6) is 0.544. The molecule has 0 spiro atoms. The van der Waals surface area contributed by atoms with E-state index >= 15 is 0 Å². The Kier molecular flexibility index (Phi) is 8.02. The zero-order valence-electron chi connectivity index (χ0n) is 23.5. The van der Waals surface area contributed by atoms with E-state index in [4.69, 9.17) is 9.47 Å². The maximum absolute atomic E-state index is 12.3. The second-order valence-electron chi connectivity index (χ2n) is 10.8. The minimum absolute atomic E-state index is 0.195. The van der Waals surface area contributed by atoms with Crippen LogP contribution in [0, 0.1) is 5.41 Å². The Morgan fingerprint density at radius 1 is 0.600 bits per heavy atom. The molecular weight excluding hydrogens is 492 g/mol. The molecule has 0 atom stereocenters. The molecule has 0 bridgehead atoms. The lowest BCUT2D eigenvalue weighted by molar-refractivity contribution is -0.154. The molecule has 0 aromatic heterocycles. The highest BCUT2D eigenvalue weighted by Crippen LogP contribution is 2.46. The quantitative estimate of drug-likeness (QED) is 0.103. The summed E-state index contributed by atoms with van der Waals surface area (Å²) in [5.41, 5.74) is 3.70. The fraction of sp³-hybridized carbons (Fsp3) is 0.216. The van der Waals surface area contributed by atoms with E-state index in [1.165, 1.54) is 27.5 Å². The predicted octanol–water partition coefficient (Wildman–Crippen LogP) is 8.58. The van der Waals surface area contributed by atoms with Crippen molar-refractivity contribution in [1.29, 1.82) is 0 Å². The summed E-state index contributed by atoms with van der Waals surface area (Å²) in [6, 6.07) is 44.9. The van der Waals surface area contributed by atoms with E-state index in [2.05, 4.69) is 115 Å². The number of carbonyl (C=O) groups is 1. The van der Waals surface area contributed by atoms with Crippen molar-refractivity contribution in [3.05, 3.63) is 150 Å². The number of fused-ring (bicyclic) bond motifs is 1. The van der Waals surface area contributed by atoms with Gasteiger partial charge in [-0.15, -0.1) is 0 Å². The maximum Gasteiger partial charge on any atom is 0.311 e. The average Bonchev–Trinajstić information content (AvgIpc) is 3.01. The Labute approximate surface area is 237 Å². The standard InChI is InChI=1S/C37H36O3/c1-4-36(2,3)35(38)40-26-25-39-34-23-21-32(22-24-34)37(30-15-7-5-8-16-30,31-17-9-6-10-18-31)33-20-19-28-13-11-12-14-29(28)27-33/h5-24,27H,4,25-26H2,1-3H3. The van der Waals surface area contributed by atoms with Crippen molar-refractivity contribution < 1.29 is 14.3 Å². The van der Waals surface area contributed by atoms with Crippen LogP contribution in [0.25, 0.3) is 10.8 Å². The molecule has 3 heteroatoms. The molecular formula is C37H36O3. The molecule has 0 unspecified atom stereocenters. The first-order valence-corrected chi connectivity index (χ1v) is 14.0. The lowest BCUT2D eigenvalue weighted by Crippen LogP contribution is -2.31. The molecule has 0 saturated carbocycles. The zero-order chi connectivity index (χ0) is 28.0. The molecule has 0 saturated heterocycles. The van der Waals surface area contributed by atoms with Crippen LogP contribution < -0.4 is 4.74 Å². The van der Waals surface area contributed by atoms with E-state index < -0.39 is 10.8 Å². The van der Waals surface area contributed by atoms with Gasteiger partial charge in [0.2, 0.25) is 0 Å². The molecule has 0 N–H and O–H groups in total. The molecule has 202 valence electrons. The van der Waals surface area contributed by atoms with Crippen LogP contribution in [0.5, 0.6) is 5.75 Å². The molecule has 0 aliphatic carbocycles. The number of benzene rings is 5.